The van der Waals surface area contributed by atoms with Gasteiger partial charge in [0.15, 0.2) is 0 Å². The van der Waals surface area contributed by atoms with Crippen molar-refractivity contribution in [1.29, 1.82) is 5.26 Å². The van der Waals surface area contributed by atoms with E-state index < -0.39 is 11.7 Å². The molecule has 0 spiro atoms. The first-order chi connectivity index (χ1) is 11.9. The quantitative estimate of drug-likeness (QED) is 0.902. The number of benzene rings is 1. The van der Waals surface area contributed by atoms with E-state index in [0.717, 1.165) is 31.7 Å². The molecule has 2 fully saturated rings. The number of carbonyl (C=O) groups is 1. The van der Waals surface area contributed by atoms with Crippen molar-refractivity contribution in [1.82, 2.24) is 4.90 Å². The van der Waals surface area contributed by atoms with E-state index >= 15 is 0 Å². The molecule has 1 atom stereocenters. The maximum Gasteiger partial charge on any atom is 0.418 e. The lowest BCUT2D eigenvalue weighted by molar-refractivity contribution is -0.137. The molecule has 1 N–H and O–H groups in total. The summed E-state index contributed by atoms with van der Waals surface area (Å²) in [7, 11) is 0. The number of alkyl halides is 3. The van der Waals surface area contributed by atoms with Crippen molar-refractivity contribution in [3.05, 3.63) is 29.3 Å². The molecule has 1 aliphatic heterocycles. The minimum atomic E-state index is -4.53. The number of nitrogens with one attached hydrogen (secondary N) is 1. The molecule has 4 nitrogen and oxygen atoms in total. The topological polar surface area (TPSA) is 56.1 Å². The van der Waals surface area contributed by atoms with Crippen molar-refractivity contribution in [3.8, 4) is 6.07 Å². The Morgan fingerprint density at radius 3 is 2.60 bits per heavy atom. The Bertz CT molecular complexity index is 690. The van der Waals surface area contributed by atoms with Gasteiger partial charge in [-0.1, -0.05) is 12.8 Å². The summed E-state index contributed by atoms with van der Waals surface area (Å²) in [5.41, 5.74) is -0.902. The molecule has 1 aromatic rings. The number of hydrogen-bond donors (Lipinski definition) is 1. The van der Waals surface area contributed by atoms with Crippen LogP contribution in [0.5, 0.6) is 0 Å². The fourth-order valence-corrected chi connectivity index (χ4v) is 3.70. The minimum absolute atomic E-state index is 0.0256. The summed E-state index contributed by atoms with van der Waals surface area (Å²) < 4.78 is 39.7. The van der Waals surface area contributed by atoms with E-state index in [-0.39, 0.29) is 29.1 Å². The highest BCUT2D eigenvalue weighted by Gasteiger charge is 2.36. The van der Waals surface area contributed by atoms with Crippen LogP contribution in [0.25, 0.3) is 0 Å². The van der Waals surface area contributed by atoms with Gasteiger partial charge in [-0.2, -0.15) is 18.4 Å². The molecule has 1 aliphatic carbocycles. The van der Waals surface area contributed by atoms with Gasteiger partial charge in [0.2, 0.25) is 5.91 Å². The molecule has 0 bridgehead atoms. The third-order valence-corrected chi connectivity index (χ3v) is 5.02. The van der Waals surface area contributed by atoms with Crippen LogP contribution >= 0.6 is 0 Å². The number of amides is 1. The van der Waals surface area contributed by atoms with Crippen molar-refractivity contribution in [3.63, 3.8) is 0 Å². The second-order valence-electron chi connectivity index (χ2n) is 6.77. The maximum absolute atomic E-state index is 13.2. The molecule has 0 aromatic heterocycles. The highest BCUT2D eigenvalue weighted by Crippen LogP contribution is 2.36. The Morgan fingerprint density at radius 2 is 1.96 bits per heavy atom. The van der Waals surface area contributed by atoms with Gasteiger partial charge in [0.25, 0.3) is 0 Å². The molecule has 7 heteroatoms. The van der Waals surface area contributed by atoms with Crippen LogP contribution < -0.4 is 5.32 Å². The Hall–Kier alpha value is -2.23. The molecular formula is C18H20F3N3O. The van der Waals surface area contributed by atoms with Gasteiger partial charge in [-0.15, -0.1) is 0 Å². The van der Waals surface area contributed by atoms with E-state index in [0.29, 0.717) is 19.5 Å². The number of hydrogen-bond acceptors (Lipinski definition) is 3. The molecular weight excluding hydrogens is 331 g/mol. The van der Waals surface area contributed by atoms with Crippen molar-refractivity contribution < 1.29 is 18.0 Å². The molecule has 1 unspecified atom stereocenters. The molecule has 1 saturated carbocycles. The first kappa shape index (κ1) is 17.6. The summed E-state index contributed by atoms with van der Waals surface area (Å²) >= 11 is 0. The van der Waals surface area contributed by atoms with Gasteiger partial charge < -0.3 is 10.2 Å². The van der Waals surface area contributed by atoms with Crippen LogP contribution in [0.3, 0.4) is 0 Å². The Kier molecular flexibility index (Phi) is 4.89. The van der Waals surface area contributed by atoms with Gasteiger partial charge in [0.1, 0.15) is 0 Å². The third kappa shape index (κ3) is 3.89. The number of halogens is 3. The van der Waals surface area contributed by atoms with E-state index in [1.54, 1.807) is 11.0 Å². The molecule has 1 aromatic carbocycles. The standard InChI is InChI=1S/C18H20F3N3O/c19-18(20,21)15-9-12(10-22)5-6-16(15)23-14-7-8-24(11-14)17(25)13-3-1-2-4-13/h5-6,9,13-14,23H,1-4,7-8,11H2. The lowest BCUT2D eigenvalue weighted by atomic mass is 10.1. The highest BCUT2D eigenvalue weighted by atomic mass is 19.4. The number of rotatable bonds is 3. The van der Waals surface area contributed by atoms with Gasteiger partial charge in [0, 0.05) is 30.7 Å². The van der Waals surface area contributed by atoms with Crippen molar-refractivity contribution >= 4 is 11.6 Å². The largest absolute Gasteiger partial charge is 0.418 e. The molecule has 1 saturated heterocycles. The minimum Gasteiger partial charge on any atom is -0.380 e. The number of anilines is 1. The zero-order chi connectivity index (χ0) is 18.0. The summed E-state index contributed by atoms with van der Waals surface area (Å²) in [6, 6.07) is 5.05. The van der Waals surface area contributed by atoms with Crippen LogP contribution in [-0.4, -0.2) is 29.9 Å². The van der Waals surface area contributed by atoms with Crippen LogP contribution in [-0.2, 0) is 11.0 Å². The first-order valence-electron chi connectivity index (χ1n) is 8.55. The number of nitrogens with zero attached hydrogens (tertiary/aromatic N) is 2. The monoisotopic (exact) mass is 351 g/mol. The van der Waals surface area contributed by atoms with Crippen LogP contribution in [0.15, 0.2) is 18.2 Å². The summed E-state index contributed by atoms with van der Waals surface area (Å²) in [5.74, 6) is 0.220. The number of likely N-dealkylation sites (tertiary alicyclic amines) is 1. The molecule has 134 valence electrons. The summed E-state index contributed by atoms with van der Waals surface area (Å²) in [5, 5.41) is 11.7. The van der Waals surface area contributed by atoms with Crippen LogP contribution in [0, 0.1) is 17.2 Å². The zero-order valence-electron chi connectivity index (χ0n) is 13.8. The average Bonchev–Trinajstić information content (AvgIpc) is 3.25. The second-order valence-corrected chi connectivity index (χ2v) is 6.77. The van der Waals surface area contributed by atoms with Gasteiger partial charge in [-0.05, 0) is 37.5 Å². The van der Waals surface area contributed by atoms with E-state index in [1.165, 1.54) is 12.1 Å². The Labute approximate surface area is 144 Å². The van der Waals surface area contributed by atoms with Crippen molar-refractivity contribution in [2.75, 3.05) is 18.4 Å². The first-order valence-corrected chi connectivity index (χ1v) is 8.55. The number of nitriles is 1. The molecule has 2 aliphatic rings. The normalized spacial score (nSPS) is 21.4. The molecule has 0 radical (unpaired) electrons. The van der Waals surface area contributed by atoms with Crippen LogP contribution in [0.4, 0.5) is 18.9 Å². The van der Waals surface area contributed by atoms with E-state index in [4.69, 9.17) is 5.26 Å². The van der Waals surface area contributed by atoms with Gasteiger partial charge in [-0.3, -0.25) is 4.79 Å². The summed E-state index contributed by atoms with van der Waals surface area (Å²) in [4.78, 5) is 14.2. The maximum atomic E-state index is 13.2. The van der Waals surface area contributed by atoms with Crippen molar-refractivity contribution in [2.45, 2.75) is 44.3 Å². The SMILES string of the molecule is N#Cc1ccc(NC2CCN(C(=O)C3CCCC3)C2)c(C(F)(F)F)c1. The Morgan fingerprint density at radius 1 is 1.24 bits per heavy atom. The van der Waals surface area contributed by atoms with Crippen LogP contribution in [0.2, 0.25) is 0 Å². The van der Waals surface area contributed by atoms with Gasteiger partial charge in [0.05, 0.1) is 17.2 Å². The molecule has 1 heterocycles. The molecule has 3 rings (SSSR count). The van der Waals surface area contributed by atoms with E-state index in [1.807, 2.05) is 0 Å². The lowest BCUT2D eigenvalue weighted by Crippen LogP contribution is -2.35. The van der Waals surface area contributed by atoms with E-state index in [9.17, 15) is 18.0 Å². The predicted molar refractivity (Wildman–Crippen MR) is 86.7 cm³/mol. The van der Waals surface area contributed by atoms with Crippen LogP contribution in [0.1, 0.15) is 43.2 Å². The zero-order valence-corrected chi connectivity index (χ0v) is 13.8. The second kappa shape index (κ2) is 6.95. The fourth-order valence-electron chi connectivity index (χ4n) is 3.70. The van der Waals surface area contributed by atoms with Crippen molar-refractivity contribution in [2.24, 2.45) is 5.92 Å². The van der Waals surface area contributed by atoms with Gasteiger partial charge in [-0.25, -0.2) is 0 Å². The number of carbonyl (C=O) groups excluding carboxylic acids is 1. The fraction of sp³-hybridized carbons (Fsp3) is 0.556. The predicted octanol–water partition coefficient (Wildman–Crippen LogP) is 3.78. The average molecular weight is 351 g/mol. The Balaban J connectivity index is 1.69. The molecule has 1 amide bonds. The summed E-state index contributed by atoms with van der Waals surface area (Å²) in [6.07, 6.45) is 0.0731. The highest BCUT2D eigenvalue weighted by molar-refractivity contribution is 5.79. The summed E-state index contributed by atoms with van der Waals surface area (Å²) in [6.45, 7) is 0.997. The third-order valence-electron chi connectivity index (χ3n) is 5.02. The smallest absolute Gasteiger partial charge is 0.380 e. The lowest BCUT2D eigenvalue weighted by Gasteiger charge is -2.22. The van der Waals surface area contributed by atoms with E-state index in [2.05, 4.69) is 5.32 Å². The molecule has 25 heavy (non-hydrogen) atoms. The van der Waals surface area contributed by atoms with Gasteiger partial charge >= 0.3 is 6.18 Å².